The van der Waals surface area contributed by atoms with E-state index in [0.29, 0.717) is 29.9 Å². The number of fused-ring (bicyclic) bond motifs is 1. The molecule has 0 aliphatic carbocycles. The highest BCUT2D eigenvalue weighted by Crippen LogP contribution is 2.40. The zero-order valence-corrected chi connectivity index (χ0v) is 17.0. The van der Waals surface area contributed by atoms with Crippen molar-refractivity contribution in [3.8, 4) is 0 Å². The van der Waals surface area contributed by atoms with Crippen molar-refractivity contribution >= 4 is 5.69 Å². The number of hydrogen-bond donors (Lipinski definition) is 2. The molecule has 0 fully saturated rings. The van der Waals surface area contributed by atoms with Crippen molar-refractivity contribution in [2.45, 2.75) is 45.7 Å². The Morgan fingerprint density at radius 2 is 2.07 bits per heavy atom. The minimum absolute atomic E-state index is 0.0893. The molecule has 0 amide bonds. The van der Waals surface area contributed by atoms with Crippen LogP contribution in [0.3, 0.4) is 0 Å². The lowest BCUT2D eigenvalue weighted by molar-refractivity contribution is -0.137. The summed E-state index contributed by atoms with van der Waals surface area (Å²) >= 11 is 0. The molecule has 2 N–H and O–H groups in total. The van der Waals surface area contributed by atoms with Crippen molar-refractivity contribution in [3.05, 3.63) is 53.9 Å². The molecule has 1 aromatic carbocycles. The number of rotatable bonds is 9. The second-order valence-electron chi connectivity index (χ2n) is 7.63. The fraction of sp³-hybridized carbons (Fsp3) is 0.545. The van der Waals surface area contributed by atoms with E-state index >= 15 is 0 Å². The molecule has 1 aliphatic heterocycles. The van der Waals surface area contributed by atoms with Crippen molar-refractivity contribution < 1.29 is 17.9 Å². The summed E-state index contributed by atoms with van der Waals surface area (Å²) in [5.74, 6) is 1.35. The number of halogens is 3. The highest BCUT2D eigenvalue weighted by Gasteiger charge is 2.33. The van der Waals surface area contributed by atoms with Crippen LogP contribution in [0.25, 0.3) is 0 Å². The molecule has 28 heavy (non-hydrogen) atoms. The predicted octanol–water partition coefficient (Wildman–Crippen LogP) is 5.92. The number of alkyl halides is 3. The Morgan fingerprint density at radius 3 is 2.71 bits per heavy atom. The maximum absolute atomic E-state index is 13.0. The van der Waals surface area contributed by atoms with Crippen LogP contribution in [0.15, 0.2) is 42.8 Å². The third kappa shape index (κ3) is 5.69. The molecule has 156 valence electrons. The summed E-state index contributed by atoms with van der Waals surface area (Å²) in [7, 11) is 0. The molecule has 6 heteroatoms. The van der Waals surface area contributed by atoms with E-state index in [2.05, 4.69) is 30.7 Å². The van der Waals surface area contributed by atoms with Crippen molar-refractivity contribution in [1.82, 2.24) is 5.32 Å². The molecule has 1 aromatic rings. The smallest absolute Gasteiger partial charge is 0.416 e. The van der Waals surface area contributed by atoms with Gasteiger partial charge in [-0.2, -0.15) is 13.2 Å². The van der Waals surface area contributed by atoms with Crippen molar-refractivity contribution in [2.24, 2.45) is 11.8 Å². The summed E-state index contributed by atoms with van der Waals surface area (Å²) in [4.78, 5) is 0. The SMILES string of the molecule is C=C(NCC(C)CCC1CNc2ccc(C(F)(F)F)cc2C1C)C(=C)OCC. The zero-order valence-electron chi connectivity index (χ0n) is 17.0. The number of anilines is 1. The van der Waals surface area contributed by atoms with E-state index in [-0.39, 0.29) is 5.92 Å². The van der Waals surface area contributed by atoms with Crippen LogP contribution >= 0.6 is 0 Å². The molecule has 0 spiro atoms. The van der Waals surface area contributed by atoms with Gasteiger partial charge >= 0.3 is 6.18 Å². The first-order valence-electron chi connectivity index (χ1n) is 9.83. The Balaban J connectivity index is 1.89. The molecule has 3 nitrogen and oxygen atoms in total. The van der Waals surface area contributed by atoms with E-state index in [9.17, 15) is 13.2 Å². The highest BCUT2D eigenvalue weighted by atomic mass is 19.4. The molecule has 3 atom stereocenters. The Labute approximate surface area is 166 Å². The highest BCUT2D eigenvalue weighted by molar-refractivity contribution is 5.56. The van der Waals surface area contributed by atoms with Gasteiger partial charge in [0.15, 0.2) is 0 Å². The van der Waals surface area contributed by atoms with Gasteiger partial charge in [-0.1, -0.05) is 27.0 Å². The lowest BCUT2D eigenvalue weighted by atomic mass is 9.79. The summed E-state index contributed by atoms with van der Waals surface area (Å²) in [6.45, 7) is 15.9. The predicted molar refractivity (Wildman–Crippen MR) is 108 cm³/mol. The van der Waals surface area contributed by atoms with Crippen molar-refractivity contribution in [3.63, 3.8) is 0 Å². The molecule has 2 rings (SSSR count). The lowest BCUT2D eigenvalue weighted by Crippen LogP contribution is -2.28. The van der Waals surface area contributed by atoms with Gasteiger partial charge < -0.3 is 15.4 Å². The Hall–Kier alpha value is -2.11. The standard InChI is InChI=1S/C22H31F3N2O/c1-6-28-17(5)16(4)26-12-14(2)7-8-18-13-27-21-10-9-19(22(23,24)25)11-20(21)15(18)3/h9-11,14-15,18,26-27H,4-8,12-13H2,1-3H3. The van der Waals surface area contributed by atoms with Crippen LogP contribution < -0.4 is 10.6 Å². The van der Waals surface area contributed by atoms with Crippen LogP contribution in [0.4, 0.5) is 18.9 Å². The Morgan fingerprint density at radius 1 is 1.36 bits per heavy atom. The first-order chi connectivity index (χ1) is 13.1. The summed E-state index contributed by atoms with van der Waals surface area (Å²) in [5.41, 5.74) is 1.69. The van der Waals surface area contributed by atoms with Gasteiger partial charge in [-0.05, 0) is 61.3 Å². The van der Waals surface area contributed by atoms with Crippen molar-refractivity contribution in [1.29, 1.82) is 0 Å². The lowest BCUT2D eigenvalue weighted by Gasteiger charge is -2.33. The van der Waals surface area contributed by atoms with Crippen LogP contribution in [0.2, 0.25) is 0 Å². The molecule has 0 saturated heterocycles. The third-order valence-electron chi connectivity index (χ3n) is 5.48. The van der Waals surface area contributed by atoms with Gasteiger partial charge in [0.05, 0.1) is 17.9 Å². The van der Waals surface area contributed by atoms with E-state index in [1.165, 1.54) is 6.07 Å². The number of hydrogen-bond acceptors (Lipinski definition) is 3. The van der Waals surface area contributed by atoms with Crippen LogP contribution in [0.5, 0.6) is 0 Å². The Kier molecular flexibility index (Phi) is 7.44. The normalized spacial score (nSPS) is 19.9. The monoisotopic (exact) mass is 396 g/mol. The fourth-order valence-corrected chi connectivity index (χ4v) is 3.56. The summed E-state index contributed by atoms with van der Waals surface area (Å²) in [6.07, 6.45) is -2.38. The van der Waals surface area contributed by atoms with E-state index in [0.717, 1.165) is 43.2 Å². The van der Waals surface area contributed by atoms with Crippen LogP contribution in [-0.4, -0.2) is 19.7 Å². The molecule has 0 bridgehead atoms. The van der Waals surface area contributed by atoms with Gasteiger partial charge in [0.25, 0.3) is 0 Å². The second kappa shape index (κ2) is 9.39. The van der Waals surface area contributed by atoms with Crippen molar-refractivity contribution in [2.75, 3.05) is 25.0 Å². The van der Waals surface area contributed by atoms with Gasteiger partial charge in [-0.25, -0.2) is 0 Å². The molecule has 0 aromatic heterocycles. The quantitative estimate of drug-likeness (QED) is 0.401. The third-order valence-corrected chi connectivity index (χ3v) is 5.48. The number of nitrogens with one attached hydrogen (secondary N) is 2. The average molecular weight is 396 g/mol. The van der Waals surface area contributed by atoms with Crippen LogP contribution in [0, 0.1) is 11.8 Å². The molecule has 1 aliphatic rings. The van der Waals surface area contributed by atoms with E-state index in [1.54, 1.807) is 6.07 Å². The molecule has 3 unspecified atom stereocenters. The zero-order chi connectivity index (χ0) is 20.9. The van der Waals surface area contributed by atoms with Crippen LogP contribution in [0.1, 0.15) is 50.7 Å². The molecule has 0 radical (unpaired) electrons. The molecule has 1 heterocycles. The maximum Gasteiger partial charge on any atom is 0.416 e. The number of benzene rings is 1. The minimum Gasteiger partial charge on any atom is -0.492 e. The summed E-state index contributed by atoms with van der Waals surface area (Å²) in [5, 5.41) is 6.55. The average Bonchev–Trinajstić information content (AvgIpc) is 2.64. The summed E-state index contributed by atoms with van der Waals surface area (Å²) in [6, 6.07) is 4.00. The van der Waals surface area contributed by atoms with E-state index in [1.807, 2.05) is 13.8 Å². The molecule has 0 saturated carbocycles. The first-order valence-corrected chi connectivity index (χ1v) is 9.83. The van der Waals surface area contributed by atoms with Crippen LogP contribution in [-0.2, 0) is 10.9 Å². The van der Waals surface area contributed by atoms with Gasteiger partial charge in [0.1, 0.15) is 5.76 Å². The van der Waals surface area contributed by atoms with Gasteiger partial charge in [-0.3, -0.25) is 0 Å². The maximum atomic E-state index is 13.0. The summed E-state index contributed by atoms with van der Waals surface area (Å²) < 4.78 is 44.5. The van der Waals surface area contributed by atoms with E-state index in [4.69, 9.17) is 4.74 Å². The largest absolute Gasteiger partial charge is 0.492 e. The first kappa shape index (κ1) is 22.2. The van der Waals surface area contributed by atoms with E-state index < -0.39 is 11.7 Å². The fourth-order valence-electron chi connectivity index (χ4n) is 3.56. The minimum atomic E-state index is -4.31. The molecular weight excluding hydrogens is 365 g/mol. The van der Waals surface area contributed by atoms with Gasteiger partial charge in [-0.15, -0.1) is 0 Å². The topological polar surface area (TPSA) is 33.3 Å². The Bertz CT molecular complexity index is 700. The van der Waals surface area contributed by atoms with Gasteiger partial charge in [0.2, 0.25) is 0 Å². The molecular formula is C22H31F3N2O. The van der Waals surface area contributed by atoms with Gasteiger partial charge in [0, 0.05) is 18.8 Å². The number of ether oxygens (including phenoxy) is 1. The second-order valence-corrected chi connectivity index (χ2v) is 7.63.